The Hall–Kier alpha value is -6.41. The van der Waals surface area contributed by atoms with Crippen molar-refractivity contribution in [3.05, 3.63) is 199 Å². The van der Waals surface area contributed by atoms with Crippen molar-refractivity contribution in [3.63, 3.8) is 0 Å². The van der Waals surface area contributed by atoms with Crippen molar-refractivity contribution < 1.29 is 45.4 Å². The maximum atomic E-state index is 6.70. The van der Waals surface area contributed by atoms with E-state index in [1.807, 2.05) is 44.4 Å². The molecule has 0 bridgehead atoms. The average Bonchev–Trinajstić information content (AvgIpc) is 1.65. The van der Waals surface area contributed by atoms with E-state index in [-0.39, 0.29) is 32.9 Å². The highest BCUT2D eigenvalue weighted by atomic mass is 35.5. The fourth-order valence-electron chi connectivity index (χ4n) is 17.8. The van der Waals surface area contributed by atoms with Crippen molar-refractivity contribution >= 4 is 28.1 Å². The molecule has 4 aliphatic carbocycles. The van der Waals surface area contributed by atoms with Gasteiger partial charge >= 0.3 is 0 Å². The fraction of sp³-hybridized carbons (Fsp3) is 0.619. The zero-order chi connectivity index (χ0) is 84.6. The lowest BCUT2D eigenvalue weighted by Crippen LogP contribution is -3.00. The predicted molar refractivity (Wildman–Crippen MR) is 505 cm³/mol. The maximum Gasteiger partial charge on any atom is 0.225 e. The third-order valence-corrected chi connectivity index (χ3v) is 27.4. The van der Waals surface area contributed by atoms with Gasteiger partial charge in [0.2, 0.25) is 5.51 Å². The molecule has 13 heteroatoms. The van der Waals surface area contributed by atoms with E-state index in [4.69, 9.17) is 34.2 Å². The van der Waals surface area contributed by atoms with Gasteiger partial charge in [0.1, 0.15) is 40.0 Å². The number of thiazole rings is 1. The number of nitrogens with two attached hydrogens (primary N) is 1. The lowest BCUT2D eigenvalue weighted by atomic mass is 9.61. The molecule has 3 saturated carbocycles. The van der Waals surface area contributed by atoms with Gasteiger partial charge in [0.05, 0.1) is 44.0 Å². The number of aryl methyl sites for hydroxylation is 1. The molecule has 0 amide bonds. The van der Waals surface area contributed by atoms with Crippen LogP contribution in [0.1, 0.15) is 298 Å². The van der Waals surface area contributed by atoms with Gasteiger partial charge in [-0.3, -0.25) is 4.98 Å². The van der Waals surface area contributed by atoms with Crippen molar-refractivity contribution in [2.24, 2.45) is 58.2 Å². The summed E-state index contributed by atoms with van der Waals surface area (Å²) in [4.78, 5) is 14.0. The summed E-state index contributed by atoms with van der Waals surface area (Å²) in [5, 5.41) is 1.11. The van der Waals surface area contributed by atoms with E-state index >= 15 is 0 Å². The number of methoxy groups -OCH3 is 5. The second-order valence-corrected chi connectivity index (χ2v) is 37.6. The molecular weight excluding hydrogens is 1490 g/mol. The number of rotatable bonds is 31. The highest BCUT2D eigenvalue weighted by molar-refractivity contribution is 7.09. The fourth-order valence-corrected chi connectivity index (χ4v) is 18.8. The molecule has 660 valence electrons. The summed E-state index contributed by atoms with van der Waals surface area (Å²) in [5.41, 5.74) is 27.0. The zero-order valence-corrected chi connectivity index (χ0v) is 78.9. The Kier molecular flexibility index (Phi) is 47.3. The lowest BCUT2D eigenvalue weighted by molar-refractivity contribution is -0.689. The molecule has 2 N–H and O–H groups in total. The summed E-state index contributed by atoms with van der Waals surface area (Å²) >= 11 is 1.75. The van der Waals surface area contributed by atoms with Crippen LogP contribution in [0.25, 0.3) is 10.9 Å². The molecule has 5 aromatic rings. The number of hydrogen-bond acceptors (Lipinski definition) is 11. The van der Waals surface area contributed by atoms with E-state index in [9.17, 15) is 0 Å². The van der Waals surface area contributed by atoms with Gasteiger partial charge in [0.15, 0.2) is 12.2 Å². The second kappa shape index (κ2) is 52.8. The number of benzene rings is 2. The SMILES string of the molecule is C.C.C=C1CCC(OC)C/C1=C\C=C1/CCC2(C)C(CCC2C(C)/C=C/C(C)C(C)C)C1.COC/C=C(C)/C=C/C=C(C)/C=C/C1=C(C)CCCC1(C)C.COCCc1sc[n+](Cc2cnc(C)nc2N)c1C.COc1c(C)c(C)c2c(c1C)CCC(C)(CCCC(C)CCCC(C)CCCC(C)C)O2.COc1cccc2cccnc12.[Cl-]. The summed E-state index contributed by atoms with van der Waals surface area (Å²) < 4.78 is 35.5. The standard InChI is InChI=1S/C30H52O2.C29H46O.C21H32O.C13H19N4OS.C10H9NO.2CH4.ClH/c1-21(2)13-10-14-22(3)15-11-16-23(4)17-12-19-30(8)20-18-27-26(7)28(31-9)24(5)25(6)29(27)32-30;1-20(2)21(3)8-9-23(5)28-15-13-26-18-24(16-17-29(26,28)6)11-12-25-19-27(30-7)14-10-22(25)4;1-17(9-7-10-18(2)14-16-22-6)12-13-20-19(3)11-8-15-21(20,4)5;1-9-12(4-5-18-3)19-8-17(9)7-11-6-15-10(2)16-13(11)14;1-12-9-6-2-4-8-5-3-7-11-10(8)9;;;/h21-23H,10-20H2,1-9H3;8-9,11-12,20-21,23,26-28H,4,10,13-19H2,1-3,5-7H3;7,9-10,12-14H,8,11,15-16H2,1-6H3;6,8H,4-5,7H2,1-3H3,(H2,14,15,16);2-7H,1H3;2*1H4;1H/q;;;+1;;;;/p-1/b;9-8+,24-11+,25-12+;10-7+,13-12+,17-9+,18-14+;;;;;. The van der Waals surface area contributed by atoms with Crippen LogP contribution < -0.4 is 36.9 Å². The minimum atomic E-state index is -0.0319. The first-order chi connectivity index (χ1) is 54.7. The number of halogens is 1. The number of hydrogen-bond donors (Lipinski definition) is 1. The van der Waals surface area contributed by atoms with Crippen molar-refractivity contribution in [1.29, 1.82) is 0 Å². The van der Waals surface area contributed by atoms with Crippen LogP contribution in [0.5, 0.6) is 17.2 Å². The number of anilines is 1. The number of para-hydroxylation sites is 1. The Bertz CT molecular complexity index is 4110. The molecule has 0 saturated heterocycles. The van der Waals surface area contributed by atoms with Gasteiger partial charge in [-0.05, 0) is 250 Å². The summed E-state index contributed by atoms with van der Waals surface area (Å²) in [7, 11) is 8.72. The minimum Gasteiger partial charge on any atom is -1.00 e. The Morgan fingerprint density at radius 2 is 1.43 bits per heavy atom. The van der Waals surface area contributed by atoms with Crippen LogP contribution in [0, 0.1) is 92.8 Å². The number of fused-ring (bicyclic) bond motifs is 3. The van der Waals surface area contributed by atoms with Gasteiger partial charge in [-0.1, -0.05) is 261 Å². The quantitative estimate of drug-likeness (QED) is 0.0261. The van der Waals surface area contributed by atoms with E-state index < -0.39 is 0 Å². The highest BCUT2D eigenvalue weighted by Crippen LogP contribution is 2.59. The normalized spacial score (nSPS) is 21.5. The minimum absolute atomic E-state index is 0. The molecule has 0 radical (unpaired) electrons. The van der Waals surface area contributed by atoms with E-state index in [0.717, 1.165) is 121 Å². The highest BCUT2D eigenvalue weighted by Gasteiger charge is 2.49. The Balaban J connectivity index is 0.000000390. The third-order valence-electron chi connectivity index (χ3n) is 26.3. The van der Waals surface area contributed by atoms with Crippen LogP contribution >= 0.6 is 11.3 Å². The van der Waals surface area contributed by atoms with Crippen LogP contribution in [0.4, 0.5) is 5.82 Å². The Labute approximate surface area is 731 Å². The number of nitrogen functional groups attached to an aromatic ring is 1. The van der Waals surface area contributed by atoms with Crippen LogP contribution in [-0.2, 0) is 33.6 Å². The summed E-state index contributed by atoms with van der Waals surface area (Å²) in [6.07, 6.45) is 55.9. The van der Waals surface area contributed by atoms with Gasteiger partial charge in [0, 0.05) is 58.0 Å². The van der Waals surface area contributed by atoms with E-state index in [2.05, 4.69) is 224 Å². The van der Waals surface area contributed by atoms with Gasteiger partial charge < -0.3 is 46.6 Å². The molecule has 3 fully saturated rings. The molecule has 3 aromatic heterocycles. The first kappa shape index (κ1) is 106. The number of allylic oxidation sites excluding steroid dienone is 15. The molecule has 118 heavy (non-hydrogen) atoms. The van der Waals surface area contributed by atoms with Crippen LogP contribution in [-0.4, -0.2) is 75.4 Å². The molecule has 2 aromatic carbocycles. The second-order valence-electron chi connectivity index (χ2n) is 36.7. The van der Waals surface area contributed by atoms with Gasteiger partial charge in [0.25, 0.3) is 0 Å². The first-order valence-electron chi connectivity index (χ1n) is 44.1. The molecule has 9 unspecified atom stereocenters. The number of aromatic nitrogens is 4. The molecule has 5 aliphatic rings. The Morgan fingerprint density at radius 3 is 2.08 bits per heavy atom. The van der Waals surface area contributed by atoms with Crippen LogP contribution in [0.2, 0.25) is 0 Å². The van der Waals surface area contributed by atoms with Crippen molar-refractivity contribution in [2.45, 2.75) is 319 Å². The Morgan fingerprint density at radius 1 is 0.737 bits per heavy atom. The lowest BCUT2D eigenvalue weighted by Gasteiger charge is -2.43. The monoisotopic (exact) mass is 1660 g/mol. The molecule has 9 atom stereocenters. The first-order valence-corrected chi connectivity index (χ1v) is 45.0. The molecular formula is C105H166ClN5O6S. The maximum absolute atomic E-state index is 6.70. The number of ether oxygens (including phenoxy) is 6. The third kappa shape index (κ3) is 32.8. The summed E-state index contributed by atoms with van der Waals surface area (Å²) in [5.74, 6) is 10.7. The molecule has 11 nitrogen and oxygen atoms in total. The zero-order valence-electron chi connectivity index (χ0n) is 77.3. The summed E-state index contributed by atoms with van der Waals surface area (Å²) in [6.45, 7) is 52.1. The van der Waals surface area contributed by atoms with Gasteiger partial charge in [-0.25, -0.2) is 9.97 Å². The van der Waals surface area contributed by atoms with E-state index in [1.54, 1.807) is 63.3 Å². The van der Waals surface area contributed by atoms with Gasteiger partial charge in [-0.15, -0.1) is 0 Å². The molecule has 0 spiro atoms. The van der Waals surface area contributed by atoms with Crippen LogP contribution in [0.3, 0.4) is 0 Å². The average molecular weight is 1660 g/mol. The molecule has 10 rings (SSSR count). The van der Waals surface area contributed by atoms with Gasteiger partial charge in [-0.2, -0.15) is 4.57 Å². The smallest absolute Gasteiger partial charge is 0.225 e. The van der Waals surface area contributed by atoms with E-state index in [0.29, 0.717) is 53.6 Å². The topological polar surface area (TPSA) is 124 Å². The van der Waals surface area contributed by atoms with Crippen LogP contribution in [0.15, 0.2) is 155 Å². The van der Waals surface area contributed by atoms with Crippen molar-refractivity contribution in [1.82, 2.24) is 15.0 Å². The number of nitrogens with zero attached hydrogens (tertiary/aromatic N) is 4. The number of pyridine rings is 1. The van der Waals surface area contributed by atoms with Crippen molar-refractivity contribution in [3.8, 4) is 17.2 Å². The molecule has 4 heterocycles. The molecule has 1 aliphatic heterocycles. The largest absolute Gasteiger partial charge is 1.00 e. The predicted octanol–water partition coefficient (Wildman–Crippen LogP) is 25.4. The van der Waals surface area contributed by atoms with Crippen molar-refractivity contribution in [2.75, 3.05) is 54.5 Å². The summed E-state index contributed by atoms with van der Waals surface area (Å²) in [6, 6.07) is 9.83. The van der Waals surface area contributed by atoms with E-state index in [1.165, 1.54) is 163 Å².